The van der Waals surface area contributed by atoms with E-state index in [9.17, 15) is 28.6 Å². The second-order valence-corrected chi connectivity index (χ2v) is 7.34. The maximum absolute atomic E-state index is 12.2. The smallest absolute Gasteiger partial charge is 0.352 e. The summed E-state index contributed by atoms with van der Waals surface area (Å²) in [5.41, 5.74) is 0.616. The van der Waals surface area contributed by atoms with Crippen LogP contribution in [0.3, 0.4) is 0 Å². The Labute approximate surface area is 147 Å². The molecule has 0 radical (unpaired) electrons. The Kier molecular flexibility index (Phi) is 5.01. The summed E-state index contributed by atoms with van der Waals surface area (Å²) >= 11 is 0.478. The molecule has 4 atom stereocenters. The maximum Gasteiger partial charge on any atom is 0.352 e. The summed E-state index contributed by atoms with van der Waals surface area (Å²) in [6.45, 7) is 2.22. The topological polar surface area (TPSA) is 102 Å². The lowest BCUT2D eigenvalue weighted by Crippen LogP contribution is -2.61. The highest BCUT2D eigenvalue weighted by Crippen LogP contribution is 2.45. The van der Waals surface area contributed by atoms with Gasteiger partial charge in [0.15, 0.2) is 0 Å². The average Bonchev–Trinajstić information content (AvgIpc) is 2.88. The predicted molar refractivity (Wildman–Crippen MR) is 87.3 cm³/mol. The number of carboxylic acids is 1. The minimum absolute atomic E-state index is 0.0145. The van der Waals surface area contributed by atoms with E-state index in [1.807, 2.05) is 0 Å². The van der Waals surface area contributed by atoms with Crippen molar-refractivity contribution in [2.75, 3.05) is 18.8 Å². The van der Waals surface area contributed by atoms with Gasteiger partial charge in [0.2, 0.25) is 5.91 Å². The number of hydrogen-bond acceptors (Lipinski definition) is 6. The van der Waals surface area contributed by atoms with Crippen molar-refractivity contribution in [2.45, 2.75) is 31.2 Å². The van der Waals surface area contributed by atoms with Gasteiger partial charge in [0, 0.05) is 19.0 Å². The summed E-state index contributed by atoms with van der Waals surface area (Å²) in [6, 6.07) is -0.326. The zero-order valence-electron chi connectivity index (χ0n) is 13.5. The Morgan fingerprint density at radius 1 is 1.52 bits per heavy atom. The van der Waals surface area contributed by atoms with E-state index in [0.29, 0.717) is 42.7 Å². The molecule has 3 rings (SSSR count). The molecule has 3 heterocycles. The van der Waals surface area contributed by atoms with Crippen molar-refractivity contribution in [3.05, 3.63) is 11.3 Å². The Balaban J connectivity index is 1.74. The zero-order chi connectivity index (χ0) is 18.3. The fraction of sp³-hybridized carbons (Fsp3) is 0.667. The van der Waals surface area contributed by atoms with Gasteiger partial charge < -0.3 is 20.4 Å². The predicted octanol–water partition coefficient (Wildman–Crippen LogP) is 0.510. The molecular formula is C15H19F2N3O4S. The van der Waals surface area contributed by atoms with E-state index in [1.54, 1.807) is 0 Å². The molecular weight excluding hydrogens is 356 g/mol. The van der Waals surface area contributed by atoms with E-state index in [-0.39, 0.29) is 29.3 Å². The van der Waals surface area contributed by atoms with Crippen LogP contribution in [0.2, 0.25) is 0 Å². The van der Waals surface area contributed by atoms with Gasteiger partial charge in [-0.05, 0) is 18.9 Å². The molecule has 7 nitrogen and oxygen atoms in total. The van der Waals surface area contributed by atoms with Crippen LogP contribution < -0.4 is 5.32 Å². The third-order valence-corrected chi connectivity index (χ3v) is 5.55. The van der Waals surface area contributed by atoms with Crippen LogP contribution in [0.1, 0.15) is 13.3 Å². The van der Waals surface area contributed by atoms with Crippen LogP contribution in [0.4, 0.5) is 8.78 Å². The second-order valence-electron chi connectivity index (χ2n) is 6.36. The van der Waals surface area contributed by atoms with Crippen molar-refractivity contribution in [1.82, 2.24) is 10.2 Å². The van der Waals surface area contributed by atoms with Crippen LogP contribution in [0.15, 0.2) is 16.3 Å². The number of carbonyl (C=O) groups excluding carboxylic acids is 1. The first-order valence-electron chi connectivity index (χ1n) is 7.95. The molecule has 3 N–H and O–H groups in total. The van der Waals surface area contributed by atoms with Gasteiger partial charge in [0.1, 0.15) is 11.5 Å². The largest absolute Gasteiger partial charge is 0.477 e. The van der Waals surface area contributed by atoms with Gasteiger partial charge in [-0.1, -0.05) is 11.8 Å². The number of fused-ring (bicyclic) bond motifs is 1. The van der Waals surface area contributed by atoms with Crippen LogP contribution in [0.5, 0.6) is 0 Å². The lowest BCUT2D eigenvalue weighted by atomic mass is 9.82. The molecule has 3 aliphatic heterocycles. The Morgan fingerprint density at radius 2 is 2.24 bits per heavy atom. The molecule has 25 heavy (non-hydrogen) atoms. The number of aliphatic carboxylic acids is 1. The number of aliphatic hydroxyl groups excluding tert-OH is 1. The molecule has 1 fully saturated rings. The number of hydrogen-bond donors (Lipinski definition) is 3. The number of β-lactam (4-membered cyclic amide) rings is 1. The average molecular weight is 375 g/mol. The van der Waals surface area contributed by atoms with Crippen LogP contribution in [0, 0.1) is 11.8 Å². The van der Waals surface area contributed by atoms with E-state index >= 15 is 0 Å². The van der Waals surface area contributed by atoms with Gasteiger partial charge >= 0.3 is 5.97 Å². The molecule has 0 aromatic heterocycles. The number of carboxylic acid groups (broad SMARTS) is 1. The Hall–Kier alpha value is -1.68. The lowest BCUT2D eigenvalue weighted by molar-refractivity contribution is -0.161. The van der Waals surface area contributed by atoms with Gasteiger partial charge in [0.05, 0.1) is 23.8 Å². The first-order chi connectivity index (χ1) is 11.8. The molecule has 0 bridgehead atoms. The minimum atomic E-state index is -2.47. The molecule has 10 heteroatoms. The van der Waals surface area contributed by atoms with Gasteiger partial charge in [-0.3, -0.25) is 9.79 Å². The summed E-state index contributed by atoms with van der Waals surface area (Å²) in [6.07, 6.45) is -0.435. The quantitative estimate of drug-likeness (QED) is 0.585. The van der Waals surface area contributed by atoms with E-state index in [4.69, 9.17) is 0 Å². The number of amides is 1. The third kappa shape index (κ3) is 3.24. The van der Waals surface area contributed by atoms with Crippen LogP contribution in [0.25, 0.3) is 0 Å². The SMILES string of the molecule is C[C@@H](O)[C@H]1C(=O)N2C(C(=O)O)=C(C3CN=C(CSC(F)F)NC3)C[C@H]12. The molecule has 3 aliphatic rings. The van der Waals surface area contributed by atoms with Gasteiger partial charge in [-0.25, -0.2) is 4.79 Å². The Morgan fingerprint density at radius 3 is 2.76 bits per heavy atom. The van der Waals surface area contributed by atoms with Gasteiger partial charge in [0.25, 0.3) is 5.76 Å². The van der Waals surface area contributed by atoms with E-state index in [0.717, 1.165) is 0 Å². The molecule has 138 valence electrons. The number of nitrogens with one attached hydrogen (secondary N) is 1. The number of aliphatic imine (C=N–C) groups is 1. The van der Waals surface area contributed by atoms with Crippen LogP contribution >= 0.6 is 11.8 Å². The van der Waals surface area contributed by atoms with E-state index < -0.39 is 23.7 Å². The third-order valence-electron chi connectivity index (χ3n) is 4.86. The number of alkyl halides is 2. The second kappa shape index (κ2) is 6.91. The zero-order valence-corrected chi connectivity index (χ0v) is 14.3. The number of nitrogens with zero attached hydrogens (tertiary/aromatic N) is 2. The van der Waals surface area contributed by atoms with Crippen molar-refractivity contribution >= 4 is 29.5 Å². The van der Waals surface area contributed by atoms with E-state index in [1.165, 1.54) is 11.8 Å². The highest BCUT2D eigenvalue weighted by atomic mass is 32.2. The van der Waals surface area contributed by atoms with Crippen molar-refractivity contribution in [1.29, 1.82) is 0 Å². The fourth-order valence-electron chi connectivity index (χ4n) is 3.72. The summed E-state index contributed by atoms with van der Waals surface area (Å²) in [7, 11) is 0. The number of carbonyl (C=O) groups is 2. The monoisotopic (exact) mass is 375 g/mol. The summed E-state index contributed by atoms with van der Waals surface area (Å²) < 4.78 is 24.5. The van der Waals surface area contributed by atoms with E-state index in [2.05, 4.69) is 10.3 Å². The molecule has 1 saturated heterocycles. The minimum Gasteiger partial charge on any atom is -0.477 e. The molecule has 0 saturated carbocycles. The summed E-state index contributed by atoms with van der Waals surface area (Å²) in [5.74, 6) is -4.24. The summed E-state index contributed by atoms with van der Waals surface area (Å²) in [4.78, 5) is 29.3. The number of aliphatic hydroxyl groups is 1. The molecule has 0 aromatic rings. The van der Waals surface area contributed by atoms with Crippen LogP contribution in [-0.2, 0) is 9.59 Å². The molecule has 1 unspecified atom stereocenters. The normalized spacial score (nSPS) is 30.0. The lowest BCUT2D eigenvalue weighted by Gasteiger charge is -2.44. The Bertz CT molecular complexity index is 653. The maximum atomic E-state index is 12.2. The molecule has 0 aromatic carbocycles. The molecule has 0 aliphatic carbocycles. The fourth-order valence-corrected chi connectivity index (χ4v) is 4.20. The van der Waals surface area contributed by atoms with Crippen molar-refractivity contribution < 1.29 is 28.6 Å². The molecule has 0 spiro atoms. The first kappa shape index (κ1) is 18.1. The number of rotatable bonds is 6. The van der Waals surface area contributed by atoms with Crippen molar-refractivity contribution in [3.63, 3.8) is 0 Å². The van der Waals surface area contributed by atoms with Crippen molar-refractivity contribution in [3.8, 4) is 0 Å². The standard InChI is InChI=1S/C15H19F2N3O4S/c1-6(21)11-9-2-8(12(14(23)24)20(9)13(11)22)7-3-18-10(19-4-7)5-25-15(16)17/h6-7,9,11,15,21H,2-5H2,1H3,(H,18,19)(H,23,24)/t6-,9-,11-/m1/s1. The first-order valence-corrected chi connectivity index (χ1v) is 9.00. The highest BCUT2D eigenvalue weighted by molar-refractivity contribution is 8.00. The highest BCUT2D eigenvalue weighted by Gasteiger charge is 2.57. The van der Waals surface area contributed by atoms with Gasteiger partial charge in [-0.15, -0.1) is 0 Å². The number of thioether (sulfide) groups is 1. The number of amidine groups is 1. The van der Waals surface area contributed by atoms with Crippen molar-refractivity contribution in [2.24, 2.45) is 16.8 Å². The summed E-state index contributed by atoms with van der Waals surface area (Å²) in [5, 5.41) is 22.2. The van der Waals surface area contributed by atoms with Crippen LogP contribution in [-0.4, -0.2) is 69.6 Å². The molecule has 1 amide bonds. The number of halogens is 2. The van der Waals surface area contributed by atoms with Gasteiger partial charge in [-0.2, -0.15) is 8.78 Å².